The van der Waals surface area contributed by atoms with Crippen LogP contribution in [-0.4, -0.2) is 34.2 Å². The number of anilines is 1. The number of thiazole rings is 1. The average Bonchev–Trinajstić information content (AvgIpc) is 3.15. The summed E-state index contributed by atoms with van der Waals surface area (Å²) in [6.07, 6.45) is 2.88. The van der Waals surface area contributed by atoms with E-state index in [-0.39, 0.29) is 43.5 Å². The molecule has 2 heterocycles. The molecule has 0 bridgehead atoms. The summed E-state index contributed by atoms with van der Waals surface area (Å²) in [5, 5.41) is 3.89. The van der Waals surface area contributed by atoms with Crippen molar-refractivity contribution in [3.05, 3.63) is 45.9 Å². The Balaban J connectivity index is 1.52. The highest BCUT2D eigenvalue weighted by Crippen LogP contribution is 2.24. The normalized spacial score (nSPS) is 14.2. The zero-order valence-electron chi connectivity index (χ0n) is 13.3. The molecular weight excluding hydrogens is 362 g/mol. The summed E-state index contributed by atoms with van der Waals surface area (Å²) < 4.78 is 0. The molecule has 1 aromatic heterocycles. The molecule has 0 atom stereocenters. The minimum Gasteiger partial charge on any atom is -0.302 e. The highest BCUT2D eigenvalue weighted by atomic mass is 35.5. The third-order valence-electron chi connectivity index (χ3n) is 3.84. The van der Waals surface area contributed by atoms with Gasteiger partial charge in [0.2, 0.25) is 17.7 Å². The van der Waals surface area contributed by atoms with Crippen molar-refractivity contribution < 1.29 is 14.4 Å². The van der Waals surface area contributed by atoms with E-state index in [1.807, 2.05) is 24.3 Å². The second-order valence-electron chi connectivity index (χ2n) is 5.64. The highest BCUT2D eigenvalue weighted by molar-refractivity contribution is 7.15. The number of carbonyl (C=O) groups excluding carboxylic acids is 3. The van der Waals surface area contributed by atoms with Crippen LogP contribution in [0.1, 0.15) is 29.7 Å². The van der Waals surface area contributed by atoms with E-state index in [0.717, 1.165) is 15.3 Å². The molecule has 1 aromatic carbocycles. The lowest BCUT2D eigenvalue weighted by atomic mass is 10.1. The lowest BCUT2D eigenvalue weighted by Gasteiger charge is -2.12. The van der Waals surface area contributed by atoms with Crippen LogP contribution in [-0.2, 0) is 20.8 Å². The molecule has 1 fully saturated rings. The fourth-order valence-electron chi connectivity index (χ4n) is 2.54. The van der Waals surface area contributed by atoms with Gasteiger partial charge < -0.3 is 5.32 Å². The maximum absolute atomic E-state index is 12.0. The molecule has 2 aromatic rings. The Morgan fingerprint density at radius 3 is 2.68 bits per heavy atom. The van der Waals surface area contributed by atoms with E-state index in [1.165, 1.54) is 11.3 Å². The van der Waals surface area contributed by atoms with Gasteiger partial charge in [-0.15, -0.1) is 11.3 Å². The summed E-state index contributed by atoms with van der Waals surface area (Å²) in [6, 6.07) is 7.58. The van der Waals surface area contributed by atoms with Crippen LogP contribution in [0.5, 0.6) is 0 Å². The maximum atomic E-state index is 12.0. The Labute approximate surface area is 153 Å². The first-order valence-corrected chi connectivity index (χ1v) is 9.03. The number of hydrogen-bond acceptors (Lipinski definition) is 5. The SMILES string of the molecule is O=C(CCN1C(=O)CCC1=O)Nc1ncc(Cc2ccccc2Cl)s1. The smallest absolute Gasteiger partial charge is 0.229 e. The van der Waals surface area contributed by atoms with Gasteiger partial charge in [0.1, 0.15) is 0 Å². The molecule has 0 unspecified atom stereocenters. The standard InChI is InChI=1S/C17H16ClN3O3S/c18-13-4-2-1-3-11(13)9-12-10-19-17(25-12)20-14(22)7-8-21-15(23)5-6-16(21)24/h1-4,10H,5-9H2,(H,19,20,22). The predicted molar refractivity (Wildman–Crippen MR) is 95.6 cm³/mol. The molecule has 0 saturated carbocycles. The molecule has 3 rings (SSSR count). The summed E-state index contributed by atoms with van der Waals surface area (Å²) in [5.41, 5.74) is 0.997. The number of nitrogens with zero attached hydrogens (tertiary/aromatic N) is 2. The molecule has 130 valence electrons. The van der Waals surface area contributed by atoms with Crippen LogP contribution in [0, 0.1) is 0 Å². The molecule has 1 aliphatic rings. The van der Waals surface area contributed by atoms with Gasteiger partial charge in [-0.25, -0.2) is 4.98 Å². The minimum atomic E-state index is -0.272. The number of halogens is 1. The molecule has 0 radical (unpaired) electrons. The van der Waals surface area contributed by atoms with E-state index in [2.05, 4.69) is 10.3 Å². The molecule has 6 nitrogen and oxygen atoms in total. The Kier molecular flexibility index (Phi) is 5.45. The number of nitrogens with one attached hydrogen (secondary N) is 1. The fraction of sp³-hybridized carbons (Fsp3) is 0.294. The second kappa shape index (κ2) is 7.76. The van der Waals surface area contributed by atoms with Crippen LogP contribution in [0.4, 0.5) is 5.13 Å². The van der Waals surface area contributed by atoms with Gasteiger partial charge in [0.25, 0.3) is 0 Å². The third-order valence-corrected chi connectivity index (χ3v) is 5.12. The van der Waals surface area contributed by atoms with E-state index >= 15 is 0 Å². The second-order valence-corrected chi connectivity index (χ2v) is 7.16. The number of imide groups is 1. The van der Waals surface area contributed by atoms with Crippen LogP contribution in [0.2, 0.25) is 5.02 Å². The number of rotatable bonds is 6. The first-order chi connectivity index (χ1) is 12.0. The Hall–Kier alpha value is -2.25. The van der Waals surface area contributed by atoms with Crippen LogP contribution in [0.25, 0.3) is 0 Å². The number of carbonyl (C=O) groups is 3. The zero-order chi connectivity index (χ0) is 17.8. The summed E-state index contributed by atoms with van der Waals surface area (Å²) in [4.78, 5) is 41.3. The molecule has 1 aliphatic heterocycles. The van der Waals surface area contributed by atoms with Gasteiger partial charge in [-0.2, -0.15) is 0 Å². The van der Waals surface area contributed by atoms with E-state index in [1.54, 1.807) is 6.20 Å². The molecule has 1 N–H and O–H groups in total. The van der Waals surface area contributed by atoms with Crippen molar-refractivity contribution in [1.29, 1.82) is 0 Å². The quantitative estimate of drug-likeness (QED) is 0.785. The number of hydrogen-bond donors (Lipinski definition) is 1. The first kappa shape index (κ1) is 17.6. The topological polar surface area (TPSA) is 79.4 Å². The Bertz CT molecular complexity index is 805. The highest BCUT2D eigenvalue weighted by Gasteiger charge is 2.28. The number of benzene rings is 1. The van der Waals surface area contributed by atoms with Crippen molar-refractivity contribution >= 4 is 45.8 Å². The van der Waals surface area contributed by atoms with Crippen molar-refractivity contribution in [2.45, 2.75) is 25.7 Å². The Morgan fingerprint density at radius 2 is 1.96 bits per heavy atom. The van der Waals surface area contributed by atoms with Crippen LogP contribution in [0.3, 0.4) is 0 Å². The molecule has 8 heteroatoms. The van der Waals surface area contributed by atoms with E-state index in [0.29, 0.717) is 16.6 Å². The lowest BCUT2D eigenvalue weighted by molar-refractivity contribution is -0.138. The van der Waals surface area contributed by atoms with Gasteiger partial charge in [-0.05, 0) is 11.6 Å². The van der Waals surface area contributed by atoms with Gasteiger partial charge in [-0.1, -0.05) is 29.8 Å². The summed E-state index contributed by atoms with van der Waals surface area (Å²) in [7, 11) is 0. The number of aromatic nitrogens is 1. The van der Waals surface area contributed by atoms with Gasteiger partial charge >= 0.3 is 0 Å². The minimum absolute atomic E-state index is 0.0664. The zero-order valence-corrected chi connectivity index (χ0v) is 14.9. The van der Waals surface area contributed by atoms with E-state index in [9.17, 15) is 14.4 Å². The largest absolute Gasteiger partial charge is 0.302 e. The summed E-state index contributed by atoms with van der Waals surface area (Å²) in [5.74, 6) is -0.700. The van der Waals surface area contributed by atoms with Crippen molar-refractivity contribution in [3.8, 4) is 0 Å². The molecular formula is C17H16ClN3O3S. The molecule has 25 heavy (non-hydrogen) atoms. The number of likely N-dealkylation sites (tertiary alicyclic amines) is 1. The van der Waals surface area contributed by atoms with Crippen molar-refractivity contribution in [2.24, 2.45) is 0 Å². The van der Waals surface area contributed by atoms with Gasteiger partial charge in [-0.3, -0.25) is 19.3 Å². The molecule has 0 aliphatic carbocycles. The molecule has 0 spiro atoms. The van der Waals surface area contributed by atoms with E-state index in [4.69, 9.17) is 11.6 Å². The predicted octanol–water partition coefficient (Wildman–Crippen LogP) is 2.86. The van der Waals surface area contributed by atoms with Crippen molar-refractivity contribution in [3.63, 3.8) is 0 Å². The van der Waals surface area contributed by atoms with Crippen LogP contribution >= 0.6 is 22.9 Å². The average molecular weight is 378 g/mol. The van der Waals surface area contributed by atoms with Crippen molar-refractivity contribution in [1.82, 2.24) is 9.88 Å². The summed E-state index contributed by atoms with van der Waals surface area (Å²) in [6.45, 7) is 0.112. The van der Waals surface area contributed by atoms with E-state index < -0.39 is 0 Å². The van der Waals surface area contributed by atoms with Gasteiger partial charge in [0.05, 0.1) is 0 Å². The van der Waals surface area contributed by atoms with Gasteiger partial charge in [0.15, 0.2) is 5.13 Å². The Morgan fingerprint density at radius 1 is 1.24 bits per heavy atom. The fourth-order valence-corrected chi connectivity index (χ4v) is 3.60. The summed E-state index contributed by atoms with van der Waals surface area (Å²) >= 11 is 7.52. The number of amides is 3. The molecule has 3 amide bonds. The maximum Gasteiger partial charge on any atom is 0.229 e. The van der Waals surface area contributed by atoms with Gasteiger partial charge in [0, 0.05) is 48.3 Å². The monoisotopic (exact) mass is 377 g/mol. The molecule has 1 saturated heterocycles. The lowest BCUT2D eigenvalue weighted by Crippen LogP contribution is -2.32. The van der Waals surface area contributed by atoms with Crippen molar-refractivity contribution in [2.75, 3.05) is 11.9 Å². The van der Waals surface area contributed by atoms with Crippen LogP contribution in [0.15, 0.2) is 30.5 Å². The van der Waals surface area contributed by atoms with Crippen LogP contribution < -0.4 is 5.32 Å². The third kappa shape index (κ3) is 4.43. The first-order valence-electron chi connectivity index (χ1n) is 7.84.